The Labute approximate surface area is 132 Å². The molecule has 0 saturated carbocycles. The van der Waals surface area contributed by atoms with Gasteiger partial charge in [-0.25, -0.2) is 4.98 Å². The molecule has 0 spiro atoms. The second kappa shape index (κ2) is 11.3. The van der Waals surface area contributed by atoms with Gasteiger partial charge in [0.25, 0.3) is 0 Å². The molecule has 0 saturated heterocycles. The predicted octanol–water partition coefficient (Wildman–Crippen LogP) is 2.26. The van der Waals surface area contributed by atoms with Gasteiger partial charge in [-0.3, -0.25) is 4.99 Å². The molecule has 0 unspecified atom stereocenters. The number of aliphatic imine (C=N–C) groups is 1. The molecule has 5 nitrogen and oxygen atoms in total. The molecule has 1 aromatic rings. The molecule has 0 bridgehead atoms. The van der Waals surface area contributed by atoms with E-state index in [2.05, 4.69) is 20.6 Å². The second-order valence-electron chi connectivity index (χ2n) is 4.57. The zero-order chi connectivity index (χ0) is 15.3. The van der Waals surface area contributed by atoms with E-state index in [9.17, 15) is 0 Å². The zero-order valence-corrected chi connectivity index (χ0v) is 13.6. The fourth-order valence-electron chi connectivity index (χ4n) is 1.78. The van der Waals surface area contributed by atoms with E-state index in [-0.39, 0.29) is 0 Å². The summed E-state index contributed by atoms with van der Waals surface area (Å²) in [5.74, 6) is 0.827. The monoisotopic (exact) mass is 312 g/mol. The Morgan fingerprint density at radius 1 is 1.29 bits per heavy atom. The molecule has 0 aliphatic heterocycles. The van der Waals surface area contributed by atoms with E-state index in [1.165, 1.54) is 0 Å². The van der Waals surface area contributed by atoms with Crippen LogP contribution in [0.3, 0.4) is 0 Å². The zero-order valence-electron chi connectivity index (χ0n) is 12.9. The van der Waals surface area contributed by atoms with Gasteiger partial charge in [0.1, 0.15) is 5.15 Å². The standard InChI is InChI=1S/C15H25ClN4O/c1-3-21-11-5-4-9-18-15(17-2)19-10-8-13-6-7-14(16)20-12-13/h6-7,12H,3-5,8-11H2,1-2H3,(H2,17,18,19). The summed E-state index contributed by atoms with van der Waals surface area (Å²) in [5, 5.41) is 7.09. The van der Waals surface area contributed by atoms with Crippen LogP contribution in [0, 0.1) is 0 Å². The average molecular weight is 313 g/mol. The van der Waals surface area contributed by atoms with Crippen molar-refractivity contribution >= 4 is 17.6 Å². The smallest absolute Gasteiger partial charge is 0.190 e. The molecule has 0 fully saturated rings. The van der Waals surface area contributed by atoms with Crippen LogP contribution in [-0.2, 0) is 11.2 Å². The first-order valence-corrected chi connectivity index (χ1v) is 7.76. The molecule has 0 amide bonds. The Morgan fingerprint density at radius 3 is 2.76 bits per heavy atom. The minimum absolute atomic E-state index is 0.524. The number of guanidine groups is 1. The highest BCUT2D eigenvalue weighted by molar-refractivity contribution is 6.29. The number of hydrogen-bond donors (Lipinski definition) is 2. The van der Waals surface area contributed by atoms with Crippen molar-refractivity contribution in [3.63, 3.8) is 0 Å². The Kier molecular flexibility index (Phi) is 9.57. The molecule has 0 radical (unpaired) electrons. The van der Waals surface area contributed by atoms with E-state index < -0.39 is 0 Å². The largest absolute Gasteiger partial charge is 0.382 e. The van der Waals surface area contributed by atoms with Gasteiger partial charge in [-0.15, -0.1) is 0 Å². The third-order valence-electron chi connectivity index (χ3n) is 2.93. The van der Waals surface area contributed by atoms with Crippen LogP contribution in [0.15, 0.2) is 23.3 Å². The summed E-state index contributed by atoms with van der Waals surface area (Å²) >= 11 is 5.76. The summed E-state index contributed by atoms with van der Waals surface area (Å²) < 4.78 is 5.30. The van der Waals surface area contributed by atoms with Gasteiger partial charge in [0.15, 0.2) is 5.96 Å². The highest BCUT2D eigenvalue weighted by Gasteiger charge is 1.98. The van der Waals surface area contributed by atoms with Crippen LogP contribution in [0.5, 0.6) is 0 Å². The van der Waals surface area contributed by atoms with E-state index in [1.807, 2.05) is 19.1 Å². The van der Waals surface area contributed by atoms with E-state index in [4.69, 9.17) is 16.3 Å². The van der Waals surface area contributed by atoms with Crippen molar-refractivity contribution in [2.24, 2.45) is 4.99 Å². The number of pyridine rings is 1. The van der Waals surface area contributed by atoms with Crippen LogP contribution in [-0.4, -0.2) is 44.3 Å². The van der Waals surface area contributed by atoms with Gasteiger partial charge in [0.05, 0.1) is 0 Å². The summed E-state index contributed by atoms with van der Waals surface area (Å²) in [6, 6.07) is 3.79. The van der Waals surface area contributed by atoms with E-state index >= 15 is 0 Å². The first kappa shape index (κ1) is 17.7. The lowest BCUT2D eigenvalue weighted by Gasteiger charge is -2.11. The summed E-state index contributed by atoms with van der Waals surface area (Å²) in [7, 11) is 1.78. The molecule has 1 aromatic heterocycles. The van der Waals surface area contributed by atoms with Gasteiger partial charge >= 0.3 is 0 Å². The summed E-state index contributed by atoms with van der Waals surface area (Å²) in [4.78, 5) is 8.26. The van der Waals surface area contributed by atoms with E-state index in [0.29, 0.717) is 5.15 Å². The molecule has 1 heterocycles. The van der Waals surface area contributed by atoms with Crippen LogP contribution in [0.4, 0.5) is 0 Å². The number of nitrogens with zero attached hydrogens (tertiary/aromatic N) is 2. The SMILES string of the molecule is CCOCCCCNC(=NC)NCCc1ccc(Cl)nc1. The Balaban J connectivity index is 2.12. The minimum Gasteiger partial charge on any atom is -0.382 e. The third-order valence-corrected chi connectivity index (χ3v) is 3.15. The maximum atomic E-state index is 5.76. The summed E-state index contributed by atoms with van der Waals surface area (Å²) in [6.07, 6.45) is 4.82. The van der Waals surface area contributed by atoms with Crippen molar-refractivity contribution in [1.82, 2.24) is 15.6 Å². The molecule has 6 heteroatoms. The Morgan fingerprint density at radius 2 is 2.10 bits per heavy atom. The fourth-order valence-corrected chi connectivity index (χ4v) is 1.89. The Hall–Kier alpha value is -1.33. The van der Waals surface area contributed by atoms with Crippen molar-refractivity contribution < 1.29 is 4.74 Å². The van der Waals surface area contributed by atoms with Gasteiger partial charge in [0, 0.05) is 39.5 Å². The number of aromatic nitrogens is 1. The van der Waals surface area contributed by atoms with Crippen molar-refractivity contribution in [3.8, 4) is 0 Å². The second-order valence-corrected chi connectivity index (χ2v) is 4.96. The van der Waals surface area contributed by atoms with Crippen molar-refractivity contribution in [2.75, 3.05) is 33.4 Å². The van der Waals surface area contributed by atoms with Crippen LogP contribution >= 0.6 is 11.6 Å². The molecular formula is C15H25ClN4O. The number of unbranched alkanes of at least 4 members (excludes halogenated alkanes) is 1. The maximum Gasteiger partial charge on any atom is 0.190 e. The first-order valence-electron chi connectivity index (χ1n) is 7.39. The molecule has 0 aromatic carbocycles. The number of rotatable bonds is 9. The van der Waals surface area contributed by atoms with Crippen molar-refractivity contribution in [3.05, 3.63) is 29.0 Å². The third kappa shape index (κ3) is 8.52. The lowest BCUT2D eigenvalue weighted by molar-refractivity contribution is 0.143. The lowest BCUT2D eigenvalue weighted by atomic mass is 10.2. The Bertz CT molecular complexity index is 409. The van der Waals surface area contributed by atoms with E-state index in [1.54, 1.807) is 13.2 Å². The highest BCUT2D eigenvalue weighted by atomic mass is 35.5. The molecule has 2 N–H and O–H groups in total. The van der Waals surface area contributed by atoms with Gasteiger partial charge < -0.3 is 15.4 Å². The van der Waals surface area contributed by atoms with Gasteiger partial charge in [-0.1, -0.05) is 17.7 Å². The highest BCUT2D eigenvalue weighted by Crippen LogP contribution is 2.05. The molecule has 0 aliphatic rings. The van der Waals surface area contributed by atoms with Crippen molar-refractivity contribution in [1.29, 1.82) is 0 Å². The molecule has 21 heavy (non-hydrogen) atoms. The predicted molar refractivity (Wildman–Crippen MR) is 88.0 cm³/mol. The summed E-state index contributed by atoms with van der Waals surface area (Å²) in [6.45, 7) is 5.33. The number of hydrogen-bond acceptors (Lipinski definition) is 3. The average Bonchev–Trinajstić information content (AvgIpc) is 2.50. The normalized spacial score (nSPS) is 11.5. The molecular weight excluding hydrogens is 288 g/mol. The maximum absolute atomic E-state index is 5.76. The fraction of sp³-hybridized carbons (Fsp3) is 0.600. The molecule has 1 rings (SSSR count). The first-order chi connectivity index (χ1) is 10.3. The van der Waals surface area contributed by atoms with Crippen molar-refractivity contribution in [2.45, 2.75) is 26.2 Å². The minimum atomic E-state index is 0.524. The molecule has 0 atom stereocenters. The van der Waals surface area contributed by atoms with Gasteiger partial charge in [-0.05, 0) is 37.8 Å². The van der Waals surface area contributed by atoms with Crippen LogP contribution in [0.1, 0.15) is 25.3 Å². The van der Waals surface area contributed by atoms with Gasteiger partial charge in [-0.2, -0.15) is 0 Å². The van der Waals surface area contributed by atoms with Gasteiger partial charge in [0.2, 0.25) is 0 Å². The number of halogens is 1. The van der Waals surface area contributed by atoms with Crippen LogP contribution < -0.4 is 10.6 Å². The summed E-state index contributed by atoms with van der Waals surface area (Å²) in [5.41, 5.74) is 1.15. The molecule has 0 aliphatic carbocycles. The van der Waals surface area contributed by atoms with Crippen LogP contribution in [0.2, 0.25) is 5.15 Å². The molecule has 118 valence electrons. The van der Waals surface area contributed by atoms with Crippen LogP contribution in [0.25, 0.3) is 0 Å². The lowest BCUT2D eigenvalue weighted by Crippen LogP contribution is -2.38. The topological polar surface area (TPSA) is 58.5 Å². The van der Waals surface area contributed by atoms with E-state index in [0.717, 1.165) is 57.1 Å². The quantitative estimate of drug-likeness (QED) is 0.318. The number of ether oxygens (including phenoxy) is 1. The number of nitrogens with one attached hydrogen (secondary N) is 2.